The van der Waals surface area contributed by atoms with Crippen LogP contribution in [0.5, 0.6) is 5.75 Å². The van der Waals surface area contributed by atoms with E-state index in [9.17, 15) is 10.1 Å². The second-order valence-electron chi connectivity index (χ2n) is 3.71. The van der Waals surface area contributed by atoms with Crippen LogP contribution in [0.4, 0.5) is 11.4 Å². The van der Waals surface area contributed by atoms with Gasteiger partial charge in [0.1, 0.15) is 0 Å². The van der Waals surface area contributed by atoms with E-state index in [0.717, 1.165) is 18.8 Å². The molecule has 0 unspecified atom stereocenters. The van der Waals surface area contributed by atoms with E-state index in [0.29, 0.717) is 13.2 Å². The summed E-state index contributed by atoms with van der Waals surface area (Å²) in [5.74, 6) is 0.284. The van der Waals surface area contributed by atoms with Gasteiger partial charge in [-0.25, -0.2) is 0 Å². The zero-order chi connectivity index (χ0) is 14.3. The van der Waals surface area contributed by atoms with Gasteiger partial charge in [-0.2, -0.15) is 0 Å². The first-order chi connectivity index (χ1) is 9.22. The molecule has 0 aliphatic carbocycles. The van der Waals surface area contributed by atoms with E-state index in [2.05, 4.69) is 4.90 Å². The van der Waals surface area contributed by atoms with Crippen molar-refractivity contribution in [2.75, 3.05) is 38.3 Å². The minimum absolute atomic E-state index is 0.00325. The number of methoxy groups -OCH3 is 1. The summed E-state index contributed by atoms with van der Waals surface area (Å²) < 4.78 is 10.2. The molecule has 1 aromatic carbocycles. The van der Waals surface area contributed by atoms with Gasteiger partial charge in [-0.3, -0.25) is 10.1 Å². The quantitative estimate of drug-likeness (QED) is 0.622. The number of nitro benzene ring substituents is 1. The SMILES string of the molecule is CC.COc1ccc(N2CCOCC2)cc1[N+](=O)[O-]. The lowest BCUT2D eigenvalue weighted by Gasteiger charge is -2.28. The second-order valence-corrected chi connectivity index (χ2v) is 3.71. The number of rotatable bonds is 3. The summed E-state index contributed by atoms with van der Waals surface area (Å²) in [7, 11) is 1.43. The molecule has 0 atom stereocenters. The number of hydrogen-bond donors (Lipinski definition) is 0. The normalized spacial score (nSPS) is 14.4. The number of nitro groups is 1. The highest BCUT2D eigenvalue weighted by molar-refractivity contribution is 5.59. The van der Waals surface area contributed by atoms with Gasteiger partial charge in [0, 0.05) is 24.8 Å². The maximum atomic E-state index is 10.9. The van der Waals surface area contributed by atoms with Gasteiger partial charge >= 0.3 is 5.69 Å². The van der Waals surface area contributed by atoms with Crippen LogP contribution in [0.3, 0.4) is 0 Å². The summed E-state index contributed by atoms with van der Waals surface area (Å²) in [6.07, 6.45) is 0. The van der Waals surface area contributed by atoms with E-state index in [1.807, 2.05) is 19.9 Å². The minimum Gasteiger partial charge on any atom is -0.490 e. The fourth-order valence-corrected chi connectivity index (χ4v) is 1.84. The lowest BCUT2D eigenvalue weighted by atomic mass is 10.2. The summed E-state index contributed by atoms with van der Waals surface area (Å²) in [5.41, 5.74) is 0.831. The Bertz CT molecular complexity index is 417. The van der Waals surface area contributed by atoms with Gasteiger partial charge in [0.25, 0.3) is 0 Å². The zero-order valence-electron chi connectivity index (χ0n) is 11.6. The summed E-state index contributed by atoms with van der Waals surface area (Å²) in [6.45, 7) is 6.81. The van der Waals surface area contributed by atoms with Crippen LogP contribution >= 0.6 is 0 Å². The van der Waals surface area contributed by atoms with Crippen molar-refractivity contribution in [3.63, 3.8) is 0 Å². The number of anilines is 1. The Morgan fingerprint density at radius 1 is 1.32 bits per heavy atom. The predicted octanol–water partition coefficient (Wildman–Crippen LogP) is 2.47. The average Bonchev–Trinajstić information content (AvgIpc) is 2.49. The van der Waals surface area contributed by atoms with E-state index >= 15 is 0 Å². The molecular formula is C13H20N2O4. The van der Waals surface area contributed by atoms with Crippen LogP contribution in [-0.4, -0.2) is 38.3 Å². The van der Waals surface area contributed by atoms with E-state index in [1.54, 1.807) is 12.1 Å². The monoisotopic (exact) mass is 268 g/mol. The van der Waals surface area contributed by atoms with Crippen molar-refractivity contribution in [2.24, 2.45) is 0 Å². The van der Waals surface area contributed by atoms with Crippen LogP contribution in [0.2, 0.25) is 0 Å². The lowest BCUT2D eigenvalue weighted by Crippen LogP contribution is -2.36. The van der Waals surface area contributed by atoms with Crippen molar-refractivity contribution in [3.8, 4) is 5.75 Å². The number of nitrogens with zero attached hydrogens (tertiary/aromatic N) is 2. The molecule has 0 saturated carbocycles. The fourth-order valence-electron chi connectivity index (χ4n) is 1.84. The highest BCUT2D eigenvalue weighted by atomic mass is 16.6. The van der Waals surface area contributed by atoms with Gasteiger partial charge in [-0.15, -0.1) is 0 Å². The first-order valence-corrected chi connectivity index (χ1v) is 6.37. The number of morpholine rings is 1. The van der Waals surface area contributed by atoms with Gasteiger partial charge in [-0.1, -0.05) is 13.8 Å². The van der Waals surface area contributed by atoms with Crippen molar-refractivity contribution in [1.82, 2.24) is 0 Å². The third-order valence-electron chi connectivity index (χ3n) is 2.74. The topological polar surface area (TPSA) is 64.8 Å². The lowest BCUT2D eigenvalue weighted by molar-refractivity contribution is -0.385. The van der Waals surface area contributed by atoms with Crippen LogP contribution in [0.1, 0.15) is 13.8 Å². The molecule has 19 heavy (non-hydrogen) atoms. The molecule has 0 aromatic heterocycles. The predicted molar refractivity (Wildman–Crippen MR) is 74.0 cm³/mol. The molecule has 6 nitrogen and oxygen atoms in total. The smallest absolute Gasteiger partial charge is 0.312 e. The molecule has 1 aromatic rings. The largest absolute Gasteiger partial charge is 0.490 e. The summed E-state index contributed by atoms with van der Waals surface area (Å²) in [6, 6.07) is 5.00. The molecule has 106 valence electrons. The van der Waals surface area contributed by atoms with Crippen molar-refractivity contribution in [1.29, 1.82) is 0 Å². The molecular weight excluding hydrogens is 248 g/mol. The van der Waals surface area contributed by atoms with Gasteiger partial charge < -0.3 is 14.4 Å². The third kappa shape index (κ3) is 3.82. The Morgan fingerprint density at radius 3 is 2.47 bits per heavy atom. The average molecular weight is 268 g/mol. The van der Waals surface area contributed by atoms with E-state index in [1.165, 1.54) is 7.11 Å². The van der Waals surface area contributed by atoms with Gasteiger partial charge in [0.05, 0.1) is 25.2 Å². The maximum Gasteiger partial charge on any atom is 0.312 e. The van der Waals surface area contributed by atoms with Crippen LogP contribution in [0.25, 0.3) is 0 Å². The first-order valence-electron chi connectivity index (χ1n) is 6.37. The Labute approximate surface area is 113 Å². The molecule has 1 saturated heterocycles. The highest BCUT2D eigenvalue weighted by Gasteiger charge is 2.18. The zero-order valence-corrected chi connectivity index (χ0v) is 11.6. The molecule has 1 aliphatic rings. The summed E-state index contributed by atoms with van der Waals surface area (Å²) >= 11 is 0. The van der Waals surface area contributed by atoms with Crippen LogP contribution in [0, 0.1) is 10.1 Å². The molecule has 6 heteroatoms. The Kier molecular flexibility index (Phi) is 6.08. The Hall–Kier alpha value is -1.82. The van der Waals surface area contributed by atoms with Gasteiger partial charge in [0.2, 0.25) is 0 Å². The van der Waals surface area contributed by atoms with E-state index < -0.39 is 4.92 Å². The summed E-state index contributed by atoms with van der Waals surface area (Å²) in [4.78, 5) is 12.5. The van der Waals surface area contributed by atoms with Gasteiger partial charge in [0.15, 0.2) is 5.75 Å². The van der Waals surface area contributed by atoms with Crippen molar-refractivity contribution in [3.05, 3.63) is 28.3 Å². The van der Waals surface area contributed by atoms with Crippen LogP contribution in [0.15, 0.2) is 18.2 Å². The molecule has 0 bridgehead atoms. The second kappa shape index (κ2) is 7.58. The Morgan fingerprint density at radius 2 is 1.95 bits per heavy atom. The van der Waals surface area contributed by atoms with Crippen molar-refractivity contribution in [2.45, 2.75) is 13.8 Å². The fraction of sp³-hybridized carbons (Fsp3) is 0.538. The molecule has 0 spiro atoms. The van der Waals surface area contributed by atoms with Gasteiger partial charge in [-0.05, 0) is 12.1 Å². The highest BCUT2D eigenvalue weighted by Crippen LogP contribution is 2.31. The van der Waals surface area contributed by atoms with E-state index in [4.69, 9.17) is 9.47 Å². The minimum atomic E-state index is -0.428. The molecule has 0 radical (unpaired) electrons. The summed E-state index contributed by atoms with van der Waals surface area (Å²) in [5, 5.41) is 10.9. The molecule has 0 N–H and O–H groups in total. The first kappa shape index (κ1) is 15.2. The van der Waals surface area contributed by atoms with Crippen LogP contribution in [-0.2, 0) is 4.74 Å². The third-order valence-corrected chi connectivity index (χ3v) is 2.74. The van der Waals surface area contributed by atoms with Crippen molar-refractivity contribution >= 4 is 11.4 Å². The van der Waals surface area contributed by atoms with Crippen LogP contribution < -0.4 is 9.64 Å². The number of benzene rings is 1. The number of ether oxygens (including phenoxy) is 2. The molecule has 0 amide bonds. The molecule has 1 fully saturated rings. The molecule has 1 heterocycles. The molecule has 2 rings (SSSR count). The number of hydrogen-bond acceptors (Lipinski definition) is 5. The van der Waals surface area contributed by atoms with Crippen molar-refractivity contribution < 1.29 is 14.4 Å². The molecule has 1 aliphatic heterocycles. The van der Waals surface area contributed by atoms with E-state index in [-0.39, 0.29) is 11.4 Å². The standard InChI is InChI=1S/C11H14N2O4.C2H6/c1-16-11-3-2-9(8-10(11)13(14)15)12-4-6-17-7-5-12;1-2/h2-3,8H,4-7H2,1H3;1-2H3. The maximum absolute atomic E-state index is 10.9. The Balaban J connectivity index is 0.000000861.